The fourth-order valence-corrected chi connectivity index (χ4v) is 4.80. The third-order valence-electron chi connectivity index (χ3n) is 5.86. The number of ketones is 1. The number of benzene rings is 1. The first-order valence-electron chi connectivity index (χ1n) is 10.6. The summed E-state index contributed by atoms with van der Waals surface area (Å²) in [4.78, 5) is 30.4. The van der Waals surface area contributed by atoms with Gasteiger partial charge in [-0.3, -0.25) is 9.59 Å². The Bertz CT molecular complexity index is 1010. The van der Waals surface area contributed by atoms with Crippen LogP contribution in [-0.2, 0) is 19.5 Å². The van der Waals surface area contributed by atoms with Crippen LogP contribution < -0.4 is 5.32 Å². The molecule has 4 rings (SSSR count). The van der Waals surface area contributed by atoms with Gasteiger partial charge in [0.25, 0.3) is 5.91 Å². The quantitative estimate of drug-likeness (QED) is 0.522. The molecule has 5 nitrogen and oxygen atoms in total. The van der Waals surface area contributed by atoms with Crippen LogP contribution in [0.4, 0.5) is 0 Å². The molecule has 0 radical (unpaired) electrons. The fourth-order valence-electron chi connectivity index (χ4n) is 4.25. The van der Waals surface area contributed by atoms with Crippen molar-refractivity contribution in [3.63, 3.8) is 0 Å². The average molecular weight is 422 g/mol. The minimum Gasteiger partial charge on any atom is -0.345 e. The van der Waals surface area contributed by atoms with Gasteiger partial charge in [0.05, 0.1) is 17.8 Å². The van der Waals surface area contributed by atoms with E-state index in [1.54, 1.807) is 6.20 Å². The predicted octanol–water partition coefficient (Wildman–Crippen LogP) is 4.98. The Kier molecular flexibility index (Phi) is 6.43. The summed E-state index contributed by atoms with van der Waals surface area (Å²) >= 11 is 1.52. The van der Waals surface area contributed by atoms with Crippen LogP contribution in [0.3, 0.4) is 0 Å². The first kappa shape index (κ1) is 20.5. The summed E-state index contributed by atoms with van der Waals surface area (Å²) in [5.41, 5.74) is 3.51. The van der Waals surface area contributed by atoms with Crippen molar-refractivity contribution < 1.29 is 9.59 Å². The van der Waals surface area contributed by atoms with E-state index in [4.69, 9.17) is 0 Å². The molecule has 0 unspecified atom stereocenters. The molecule has 1 atom stereocenters. The van der Waals surface area contributed by atoms with E-state index >= 15 is 0 Å². The largest absolute Gasteiger partial charge is 0.345 e. The Morgan fingerprint density at radius 3 is 2.80 bits per heavy atom. The summed E-state index contributed by atoms with van der Waals surface area (Å²) in [6.45, 7) is 3.34. The van der Waals surface area contributed by atoms with Crippen molar-refractivity contribution in [1.82, 2.24) is 14.9 Å². The highest BCUT2D eigenvalue weighted by Gasteiger charge is 2.26. The van der Waals surface area contributed by atoms with Crippen LogP contribution in [0.1, 0.15) is 75.6 Å². The molecule has 0 fully saturated rings. The molecule has 2 aromatic heterocycles. The number of amides is 1. The van der Waals surface area contributed by atoms with Gasteiger partial charge < -0.3 is 9.88 Å². The van der Waals surface area contributed by atoms with Gasteiger partial charge in [0.15, 0.2) is 5.78 Å². The number of hydrogen-bond donors (Lipinski definition) is 1. The number of fused-ring (bicyclic) bond motifs is 1. The van der Waals surface area contributed by atoms with Gasteiger partial charge in [0.1, 0.15) is 5.01 Å². The molecule has 1 aliphatic heterocycles. The molecule has 0 saturated carbocycles. The summed E-state index contributed by atoms with van der Waals surface area (Å²) in [7, 11) is 0. The number of nitrogens with one attached hydrogen (secondary N) is 1. The van der Waals surface area contributed by atoms with Crippen molar-refractivity contribution in [2.75, 3.05) is 0 Å². The second-order valence-electron chi connectivity index (χ2n) is 7.75. The van der Waals surface area contributed by atoms with E-state index in [0.29, 0.717) is 24.2 Å². The molecule has 3 aromatic rings. The highest BCUT2D eigenvalue weighted by molar-refractivity contribution is 7.09. The van der Waals surface area contributed by atoms with Crippen molar-refractivity contribution in [1.29, 1.82) is 0 Å². The lowest BCUT2D eigenvalue weighted by atomic mass is 9.90. The summed E-state index contributed by atoms with van der Waals surface area (Å²) in [6.07, 6.45) is 6.03. The highest BCUT2D eigenvalue weighted by Crippen LogP contribution is 2.29. The number of nitrogens with zero attached hydrogens (tertiary/aromatic N) is 2. The molecule has 1 amide bonds. The maximum absolute atomic E-state index is 13.3. The van der Waals surface area contributed by atoms with E-state index in [2.05, 4.69) is 33.9 Å². The van der Waals surface area contributed by atoms with E-state index in [0.717, 1.165) is 42.9 Å². The molecule has 0 saturated heterocycles. The van der Waals surface area contributed by atoms with E-state index in [1.807, 2.05) is 29.6 Å². The normalized spacial score (nSPS) is 14.2. The minimum absolute atomic E-state index is 0.118. The monoisotopic (exact) mass is 421 g/mol. The Balaban J connectivity index is 1.55. The topological polar surface area (TPSA) is 64.0 Å². The lowest BCUT2D eigenvalue weighted by Gasteiger charge is -2.20. The molecule has 0 aliphatic carbocycles. The number of carbonyl (C=O) groups is 2. The van der Waals surface area contributed by atoms with Crippen molar-refractivity contribution in [2.24, 2.45) is 0 Å². The number of thiazole rings is 1. The molecule has 1 aromatic carbocycles. The lowest BCUT2D eigenvalue weighted by molar-refractivity contribution is 0.0947. The lowest BCUT2D eigenvalue weighted by Crippen LogP contribution is -2.24. The summed E-state index contributed by atoms with van der Waals surface area (Å²) in [6, 6.07) is 12.0. The predicted molar refractivity (Wildman–Crippen MR) is 119 cm³/mol. The molecular formula is C24H27N3O2S. The fraction of sp³-hybridized carbons (Fsp3) is 0.375. The number of aromatic nitrogens is 2. The van der Waals surface area contributed by atoms with Gasteiger partial charge >= 0.3 is 0 Å². The molecule has 0 bridgehead atoms. The maximum atomic E-state index is 13.3. The number of Topliss-reactive ketones (excluding diaryl/α,β-unsaturated/α-hetero) is 1. The molecule has 6 heteroatoms. The molecule has 156 valence electrons. The van der Waals surface area contributed by atoms with Gasteiger partial charge in [-0.15, -0.1) is 11.3 Å². The SMILES string of the molecule is CC[C@@H](CC(=O)c1cc(C(=O)NCc2nccs2)c2n1CCCC2)c1ccccc1. The summed E-state index contributed by atoms with van der Waals surface area (Å²) in [5, 5.41) is 5.74. The third kappa shape index (κ3) is 4.38. The molecule has 1 N–H and O–H groups in total. The molecular weight excluding hydrogens is 394 g/mol. The van der Waals surface area contributed by atoms with Crippen LogP contribution in [0.25, 0.3) is 0 Å². The average Bonchev–Trinajstić information content (AvgIpc) is 3.44. The van der Waals surface area contributed by atoms with Crippen molar-refractivity contribution in [3.8, 4) is 0 Å². The van der Waals surface area contributed by atoms with Gasteiger partial charge in [-0.25, -0.2) is 4.98 Å². The van der Waals surface area contributed by atoms with Crippen LogP contribution >= 0.6 is 11.3 Å². The molecule has 0 spiro atoms. The number of hydrogen-bond acceptors (Lipinski definition) is 4. The van der Waals surface area contributed by atoms with Crippen LogP contribution in [-0.4, -0.2) is 21.2 Å². The highest BCUT2D eigenvalue weighted by atomic mass is 32.1. The van der Waals surface area contributed by atoms with Crippen molar-refractivity contribution in [3.05, 3.63) is 75.5 Å². The Labute approximate surface area is 181 Å². The molecule has 3 heterocycles. The Morgan fingerprint density at radius 2 is 2.07 bits per heavy atom. The van der Waals surface area contributed by atoms with Crippen LogP contribution in [0.15, 0.2) is 48.0 Å². The van der Waals surface area contributed by atoms with Crippen LogP contribution in [0.2, 0.25) is 0 Å². The number of rotatable bonds is 8. The second-order valence-corrected chi connectivity index (χ2v) is 8.73. The van der Waals surface area contributed by atoms with E-state index in [-0.39, 0.29) is 17.6 Å². The van der Waals surface area contributed by atoms with Gasteiger partial charge in [0, 0.05) is 30.2 Å². The first-order chi connectivity index (χ1) is 14.7. The molecule has 30 heavy (non-hydrogen) atoms. The van der Waals surface area contributed by atoms with Gasteiger partial charge in [-0.05, 0) is 43.2 Å². The zero-order valence-corrected chi connectivity index (χ0v) is 18.1. The zero-order chi connectivity index (χ0) is 20.9. The maximum Gasteiger partial charge on any atom is 0.253 e. The Hall–Kier alpha value is -2.73. The zero-order valence-electron chi connectivity index (χ0n) is 17.3. The summed E-state index contributed by atoms with van der Waals surface area (Å²) in [5.74, 6) is 0.188. The second kappa shape index (κ2) is 9.39. The number of carbonyl (C=O) groups excluding carboxylic acids is 2. The van der Waals surface area contributed by atoms with Gasteiger partial charge in [-0.1, -0.05) is 37.3 Å². The van der Waals surface area contributed by atoms with Gasteiger partial charge in [0.2, 0.25) is 0 Å². The van der Waals surface area contributed by atoms with Gasteiger partial charge in [-0.2, -0.15) is 0 Å². The van der Waals surface area contributed by atoms with E-state index < -0.39 is 0 Å². The van der Waals surface area contributed by atoms with E-state index in [9.17, 15) is 9.59 Å². The van der Waals surface area contributed by atoms with Crippen LogP contribution in [0, 0.1) is 0 Å². The third-order valence-corrected chi connectivity index (χ3v) is 6.64. The van der Waals surface area contributed by atoms with Crippen LogP contribution in [0.5, 0.6) is 0 Å². The molecule has 1 aliphatic rings. The van der Waals surface area contributed by atoms with Crippen molar-refractivity contribution in [2.45, 2.75) is 58.0 Å². The van der Waals surface area contributed by atoms with E-state index in [1.165, 1.54) is 16.9 Å². The standard InChI is InChI=1S/C24H27N3O2S/c1-2-17(18-8-4-3-5-9-18)14-22(28)21-15-19(20-10-6-7-12-27(20)21)24(29)26-16-23-25-11-13-30-23/h3-5,8-9,11,13,15,17H,2,6-7,10,12,14,16H2,1H3,(H,26,29)/t17-/m0/s1. The summed E-state index contributed by atoms with van der Waals surface area (Å²) < 4.78 is 2.09. The smallest absolute Gasteiger partial charge is 0.253 e. The van der Waals surface area contributed by atoms with Crippen molar-refractivity contribution >= 4 is 23.0 Å². The minimum atomic E-state index is -0.120. The first-order valence-corrected chi connectivity index (χ1v) is 11.5. The Morgan fingerprint density at radius 1 is 1.23 bits per heavy atom.